The molecule has 2 aliphatic carbocycles. The van der Waals surface area contributed by atoms with Gasteiger partial charge in [-0.1, -0.05) is 84.5 Å². The molecule has 0 spiro atoms. The number of nitrogens with zero attached hydrogens (tertiary/aromatic N) is 7. The molecule has 8 aliphatic rings. The standard InChI is InChI=1S/C56H83ClN12O3S/c1-11-59-46(70)24-45-49-64-63-35(6)69(49)51-47(33(4)34(5)73-51)48(61-45)36-17-20-39(21-18-36)65-28-41(29-65)68(32(2)3)42-30-66(31-42)54-60-26-38(27-67(54)40-15-13-12-14-16-40)50(71)62-52-55(7,8)53(56(52,9)10)72-43-22-19-37(25-58)44(57)23-43/h17-23,32-35,38,40-42,45,47,49,51-54,60,63-64H,11-16,24,26-31H2,1-10H3,(H,59,70)(H,62,71)/t33?,34?,35?,38?,45-,47?,49?,51?,52?,53?,54?/m0/s1. The lowest BCUT2D eigenvalue weighted by atomic mass is 9.49. The third-order valence-corrected chi connectivity index (χ3v) is 20.4. The number of likely N-dealkylation sites (tertiary alicyclic amines) is 1. The third-order valence-electron chi connectivity index (χ3n) is 18.4. The van der Waals surface area contributed by atoms with Crippen molar-refractivity contribution in [2.75, 3.05) is 50.7 Å². The topological polar surface area (TPSA) is 156 Å². The molecule has 2 aromatic rings. The Kier molecular flexibility index (Phi) is 15.3. The van der Waals surface area contributed by atoms with Crippen molar-refractivity contribution in [1.82, 2.24) is 46.4 Å². The summed E-state index contributed by atoms with van der Waals surface area (Å²) in [7, 11) is 0. The zero-order chi connectivity index (χ0) is 51.7. The molecule has 73 heavy (non-hydrogen) atoms. The molecule has 2 aromatic carbocycles. The van der Waals surface area contributed by atoms with Gasteiger partial charge < -0.3 is 20.3 Å². The van der Waals surface area contributed by atoms with E-state index in [-0.39, 0.29) is 76.7 Å². The minimum atomic E-state index is -0.321. The number of nitrogens with one attached hydrogen (secondary N) is 5. The van der Waals surface area contributed by atoms with Crippen molar-refractivity contribution < 1.29 is 14.3 Å². The number of benzene rings is 2. The average molecular weight is 1040 g/mol. The number of carbonyl (C=O) groups excluding carboxylic acids is 2. The van der Waals surface area contributed by atoms with Crippen LogP contribution in [0.2, 0.25) is 5.02 Å². The second-order valence-corrected chi connectivity index (χ2v) is 26.2. The van der Waals surface area contributed by atoms with Crippen LogP contribution in [0.1, 0.15) is 119 Å². The van der Waals surface area contributed by atoms with Crippen LogP contribution in [0.5, 0.6) is 5.75 Å². The highest BCUT2D eigenvalue weighted by atomic mass is 35.5. The Morgan fingerprint density at radius 1 is 0.973 bits per heavy atom. The number of ether oxygens (including phenoxy) is 1. The second-order valence-electron chi connectivity index (χ2n) is 24.3. The summed E-state index contributed by atoms with van der Waals surface area (Å²) < 4.78 is 6.54. The normalized spacial score (nSPS) is 33.9. The second kappa shape index (κ2) is 21.1. The molecule has 8 unspecified atom stereocenters. The summed E-state index contributed by atoms with van der Waals surface area (Å²) in [5, 5.41) is 21.0. The number of thioether (sulfide) groups is 1. The van der Waals surface area contributed by atoms with Crippen molar-refractivity contribution in [3.8, 4) is 11.8 Å². The highest BCUT2D eigenvalue weighted by molar-refractivity contribution is 8.00. The van der Waals surface area contributed by atoms with Gasteiger partial charge in [-0.15, -0.1) is 11.8 Å². The Morgan fingerprint density at radius 2 is 1.67 bits per heavy atom. The van der Waals surface area contributed by atoms with Crippen LogP contribution in [0.15, 0.2) is 47.5 Å². The predicted molar refractivity (Wildman–Crippen MR) is 292 cm³/mol. The highest BCUT2D eigenvalue weighted by Crippen LogP contribution is 2.56. The van der Waals surface area contributed by atoms with Crippen LogP contribution in [0, 0.1) is 39.9 Å². The molecule has 15 nitrogen and oxygen atoms in total. The van der Waals surface area contributed by atoms with E-state index in [0.717, 1.165) is 38.4 Å². The van der Waals surface area contributed by atoms with Gasteiger partial charge in [0.2, 0.25) is 11.8 Å². The molecule has 2 saturated carbocycles. The summed E-state index contributed by atoms with van der Waals surface area (Å²) in [6, 6.07) is 18.1. The maximum atomic E-state index is 14.4. The fraction of sp³-hybridized carbons (Fsp3) is 0.714. The number of hydrazine groups is 1. The first kappa shape index (κ1) is 52.9. The van der Waals surface area contributed by atoms with Gasteiger partial charge >= 0.3 is 0 Å². The van der Waals surface area contributed by atoms with Gasteiger partial charge in [0.15, 0.2) is 0 Å². The Labute approximate surface area is 444 Å². The van der Waals surface area contributed by atoms with E-state index in [1.807, 2.05) is 6.92 Å². The molecule has 398 valence electrons. The zero-order valence-electron chi connectivity index (χ0n) is 45.0. The largest absolute Gasteiger partial charge is 0.489 e. The van der Waals surface area contributed by atoms with E-state index >= 15 is 0 Å². The average Bonchev–Trinajstić information content (AvgIpc) is 3.82. The summed E-state index contributed by atoms with van der Waals surface area (Å²) in [5.41, 5.74) is 10.3. The molecule has 5 saturated heterocycles. The van der Waals surface area contributed by atoms with Crippen LogP contribution >= 0.6 is 23.4 Å². The quantitative estimate of drug-likeness (QED) is 0.142. The number of nitriles is 1. The van der Waals surface area contributed by atoms with Gasteiger partial charge in [0, 0.05) is 115 Å². The van der Waals surface area contributed by atoms with Gasteiger partial charge in [0.1, 0.15) is 24.2 Å². The maximum Gasteiger partial charge on any atom is 0.225 e. The summed E-state index contributed by atoms with van der Waals surface area (Å²) in [5.74, 6) is 1.34. The lowest BCUT2D eigenvalue weighted by molar-refractivity contribution is -0.176. The number of aliphatic imine (C=N–C) groups is 1. The molecule has 17 heteroatoms. The van der Waals surface area contributed by atoms with Crippen molar-refractivity contribution in [1.29, 1.82) is 5.26 Å². The van der Waals surface area contributed by atoms with E-state index in [2.05, 4.69) is 156 Å². The van der Waals surface area contributed by atoms with E-state index < -0.39 is 0 Å². The van der Waals surface area contributed by atoms with Crippen LogP contribution < -0.4 is 36.4 Å². The zero-order valence-corrected chi connectivity index (χ0v) is 46.6. The Hall–Kier alpha value is -3.50. The fourth-order valence-corrected chi connectivity index (χ4v) is 16.8. The number of anilines is 1. The van der Waals surface area contributed by atoms with E-state index in [4.69, 9.17) is 21.3 Å². The number of rotatable bonds is 14. The predicted octanol–water partition coefficient (Wildman–Crippen LogP) is 6.42. The van der Waals surface area contributed by atoms with Gasteiger partial charge in [-0.25, -0.2) is 10.9 Å². The van der Waals surface area contributed by atoms with Crippen molar-refractivity contribution >= 4 is 46.6 Å². The molecule has 0 aromatic heterocycles. The van der Waals surface area contributed by atoms with E-state index in [1.54, 1.807) is 18.2 Å². The first-order valence-corrected chi connectivity index (χ1v) is 29.0. The molecule has 0 bridgehead atoms. The highest BCUT2D eigenvalue weighted by Gasteiger charge is 2.64. The van der Waals surface area contributed by atoms with E-state index in [1.165, 1.54) is 43.4 Å². The first-order valence-electron chi connectivity index (χ1n) is 27.7. The van der Waals surface area contributed by atoms with Crippen LogP contribution in [0.4, 0.5) is 5.69 Å². The fourth-order valence-electron chi connectivity index (χ4n) is 14.7. The van der Waals surface area contributed by atoms with Gasteiger partial charge in [0.05, 0.1) is 46.7 Å². The van der Waals surface area contributed by atoms with Gasteiger partial charge in [-0.2, -0.15) is 5.26 Å². The Bertz CT molecular complexity index is 2380. The minimum absolute atomic E-state index is 0.0438. The third kappa shape index (κ3) is 9.95. The smallest absolute Gasteiger partial charge is 0.225 e. The molecule has 0 radical (unpaired) electrons. The molecular formula is C56H83ClN12O3S. The van der Waals surface area contributed by atoms with E-state index in [9.17, 15) is 14.9 Å². The summed E-state index contributed by atoms with van der Waals surface area (Å²) >= 11 is 8.42. The molecular weight excluding hydrogens is 956 g/mol. The SMILES string of the molecule is CCNC(=O)C[C@@H]1N=C(c2ccc(N3CC(N(C(C)C)C4CN(C5NCC(C(=O)NC6C(C)(C)C(Oc7ccc(C#N)c(Cl)c7)C6(C)C)CN5C5CCCCC5)C4)C3)cc2)C2C(C)C(C)SC2N2C(C)NNC12. The summed E-state index contributed by atoms with van der Waals surface area (Å²) in [6.07, 6.45) is 6.54. The first-order chi connectivity index (χ1) is 34.9. The monoisotopic (exact) mass is 1040 g/mol. The lowest BCUT2D eigenvalue weighted by Crippen LogP contribution is -2.77. The molecule has 2 amide bonds. The number of fused-ring (bicyclic) bond motifs is 3. The Morgan fingerprint density at radius 3 is 2.33 bits per heavy atom. The van der Waals surface area contributed by atoms with Crippen LogP contribution in [-0.2, 0) is 9.59 Å². The number of amides is 2. The number of carbonyl (C=O) groups is 2. The molecule has 10 rings (SSSR count). The van der Waals surface area contributed by atoms with Crippen LogP contribution in [0.25, 0.3) is 0 Å². The van der Waals surface area contributed by atoms with Gasteiger partial charge in [0.25, 0.3) is 0 Å². The maximum absolute atomic E-state index is 14.4. The van der Waals surface area contributed by atoms with Crippen LogP contribution in [0.3, 0.4) is 0 Å². The number of hydrogen-bond acceptors (Lipinski definition) is 14. The van der Waals surface area contributed by atoms with Crippen molar-refractivity contribution in [2.45, 2.75) is 179 Å². The summed E-state index contributed by atoms with van der Waals surface area (Å²) in [6.45, 7) is 28.4. The molecule has 9 atom stereocenters. The lowest BCUT2D eigenvalue weighted by Gasteiger charge is -2.63. The molecule has 7 fully saturated rings. The molecule has 6 aliphatic heterocycles. The van der Waals surface area contributed by atoms with Crippen LogP contribution in [-0.4, -0.2) is 155 Å². The van der Waals surface area contributed by atoms with Crippen molar-refractivity contribution in [3.63, 3.8) is 0 Å². The van der Waals surface area contributed by atoms with E-state index in [0.29, 0.717) is 71.2 Å². The minimum Gasteiger partial charge on any atom is -0.489 e. The van der Waals surface area contributed by atoms with Crippen molar-refractivity contribution in [2.24, 2.45) is 33.6 Å². The molecule has 5 N–H and O–H groups in total. The van der Waals surface area contributed by atoms with Crippen molar-refractivity contribution in [3.05, 3.63) is 58.6 Å². The Balaban J connectivity index is 0.766. The number of halogens is 1. The summed E-state index contributed by atoms with van der Waals surface area (Å²) in [4.78, 5) is 46.1. The van der Waals surface area contributed by atoms with Gasteiger partial charge in [-0.3, -0.25) is 39.5 Å². The molecule has 6 heterocycles. The van der Waals surface area contributed by atoms with Gasteiger partial charge in [-0.05, 0) is 76.3 Å². The number of hydrogen-bond donors (Lipinski definition) is 5.